The third kappa shape index (κ3) is 3.03. The van der Waals surface area contributed by atoms with Crippen LogP contribution in [0.1, 0.15) is 18.2 Å². The lowest BCUT2D eigenvalue weighted by molar-refractivity contribution is -0.141. The van der Waals surface area contributed by atoms with E-state index in [4.69, 9.17) is 5.11 Å². The molecule has 0 aliphatic rings. The van der Waals surface area contributed by atoms with E-state index in [1.54, 1.807) is 11.8 Å². The van der Waals surface area contributed by atoms with E-state index in [-0.39, 0.29) is 11.4 Å². The molecule has 0 saturated carbocycles. The maximum atomic E-state index is 11.2. The van der Waals surface area contributed by atoms with Crippen LogP contribution in [0.15, 0.2) is 17.1 Å². The van der Waals surface area contributed by atoms with Gasteiger partial charge in [-0.2, -0.15) is 11.8 Å². The molecule has 1 rings (SSSR count). The largest absolute Gasteiger partial charge is 0.503 e. The number of thioether (sulfide) groups is 1. The van der Waals surface area contributed by atoms with Gasteiger partial charge in [0.2, 0.25) is 5.43 Å². The first-order chi connectivity index (χ1) is 7.99. The molecule has 0 fully saturated rings. The van der Waals surface area contributed by atoms with Gasteiger partial charge in [-0.05, 0) is 25.4 Å². The SMILES string of the molecule is CSCC[C@@H](C(=O)O)n1ccc(=O)c(O)c1C. The fourth-order valence-electron chi connectivity index (χ4n) is 1.59. The number of aromatic nitrogens is 1. The smallest absolute Gasteiger partial charge is 0.326 e. The maximum absolute atomic E-state index is 11.2. The third-order valence-corrected chi connectivity index (χ3v) is 3.21. The van der Waals surface area contributed by atoms with Crippen molar-refractivity contribution >= 4 is 17.7 Å². The monoisotopic (exact) mass is 257 g/mol. The normalized spacial score (nSPS) is 12.4. The molecule has 1 aromatic heterocycles. The van der Waals surface area contributed by atoms with Gasteiger partial charge in [0.25, 0.3) is 0 Å². The highest BCUT2D eigenvalue weighted by atomic mass is 32.2. The van der Waals surface area contributed by atoms with Crippen LogP contribution in [0.4, 0.5) is 0 Å². The summed E-state index contributed by atoms with van der Waals surface area (Å²) in [5, 5.41) is 18.7. The number of carboxylic acids is 1. The maximum Gasteiger partial charge on any atom is 0.326 e. The highest BCUT2D eigenvalue weighted by Crippen LogP contribution is 2.20. The van der Waals surface area contributed by atoms with Gasteiger partial charge in [-0.3, -0.25) is 4.79 Å². The van der Waals surface area contributed by atoms with E-state index in [0.717, 1.165) is 0 Å². The van der Waals surface area contributed by atoms with E-state index in [1.807, 2.05) is 6.26 Å². The first-order valence-electron chi connectivity index (χ1n) is 5.11. The van der Waals surface area contributed by atoms with Crippen molar-refractivity contribution in [3.63, 3.8) is 0 Å². The first-order valence-corrected chi connectivity index (χ1v) is 6.51. The Labute approximate surface area is 103 Å². The Balaban J connectivity index is 3.15. The molecule has 0 aliphatic heterocycles. The molecule has 5 nitrogen and oxygen atoms in total. The molecular weight excluding hydrogens is 242 g/mol. The van der Waals surface area contributed by atoms with Crippen LogP contribution in [0.3, 0.4) is 0 Å². The molecule has 0 unspecified atom stereocenters. The van der Waals surface area contributed by atoms with Crippen LogP contribution in [-0.2, 0) is 4.79 Å². The first kappa shape index (κ1) is 13.6. The van der Waals surface area contributed by atoms with Crippen molar-refractivity contribution in [2.45, 2.75) is 19.4 Å². The highest BCUT2D eigenvalue weighted by molar-refractivity contribution is 7.98. The number of carbonyl (C=O) groups is 1. The van der Waals surface area contributed by atoms with Gasteiger partial charge in [0.1, 0.15) is 6.04 Å². The Kier molecular flexibility index (Phi) is 4.62. The van der Waals surface area contributed by atoms with Gasteiger partial charge in [-0.1, -0.05) is 0 Å². The second kappa shape index (κ2) is 5.77. The Morgan fingerprint density at radius 2 is 2.24 bits per heavy atom. The third-order valence-electron chi connectivity index (χ3n) is 2.57. The number of aliphatic carboxylic acids is 1. The number of nitrogens with zero attached hydrogens (tertiary/aromatic N) is 1. The number of rotatable bonds is 5. The Bertz CT molecular complexity index is 469. The van der Waals surface area contributed by atoms with Crippen molar-refractivity contribution in [1.82, 2.24) is 4.57 Å². The van der Waals surface area contributed by atoms with Crippen LogP contribution in [0.5, 0.6) is 5.75 Å². The zero-order valence-electron chi connectivity index (χ0n) is 9.71. The second-order valence-corrected chi connectivity index (χ2v) is 4.64. The van der Waals surface area contributed by atoms with E-state index >= 15 is 0 Å². The number of aromatic hydroxyl groups is 1. The molecule has 1 aromatic rings. The van der Waals surface area contributed by atoms with E-state index in [9.17, 15) is 14.7 Å². The van der Waals surface area contributed by atoms with Crippen LogP contribution in [0, 0.1) is 6.92 Å². The van der Waals surface area contributed by atoms with Gasteiger partial charge in [0.05, 0.1) is 5.69 Å². The molecule has 0 aliphatic carbocycles. The minimum atomic E-state index is -0.967. The van der Waals surface area contributed by atoms with E-state index in [1.165, 1.54) is 23.8 Å². The van der Waals surface area contributed by atoms with Crippen molar-refractivity contribution in [2.24, 2.45) is 0 Å². The van der Waals surface area contributed by atoms with Crippen LogP contribution < -0.4 is 5.43 Å². The van der Waals surface area contributed by atoms with Crippen molar-refractivity contribution in [3.8, 4) is 5.75 Å². The average molecular weight is 257 g/mol. The summed E-state index contributed by atoms with van der Waals surface area (Å²) in [6.45, 7) is 1.53. The Morgan fingerprint density at radius 1 is 1.59 bits per heavy atom. The van der Waals surface area contributed by atoms with Gasteiger partial charge >= 0.3 is 5.97 Å². The summed E-state index contributed by atoms with van der Waals surface area (Å²) in [7, 11) is 0. The predicted molar refractivity (Wildman–Crippen MR) is 66.8 cm³/mol. The van der Waals surface area contributed by atoms with Crippen LogP contribution >= 0.6 is 11.8 Å². The summed E-state index contributed by atoms with van der Waals surface area (Å²) in [4.78, 5) is 22.3. The summed E-state index contributed by atoms with van der Waals surface area (Å²) < 4.78 is 1.43. The van der Waals surface area contributed by atoms with Crippen molar-refractivity contribution in [2.75, 3.05) is 12.0 Å². The number of hydrogen-bond acceptors (Lipinski definition) is 4. The molecular formula is C11H15NO4S. The molecule has 17 heavy (non-hydrogen) atoms. The Hall–Kier alpha value is -1.43. The molecule has 0 spiro atoms. The summed E-state index contributed by atoms with van der Waals surface area (Å²) in [5.74, 6) is -0.656. The van der Waals surface area contributed by atoms with Crippen molar-refractivity contribution in [1.29, 1.82) is 0 Å². The highest BCUT2D eigenvalue weighted by Gasteiger charge is 2.21. The fourth-order valence-corrected chi connectivity index (χ4v) is 2.05. The summed E-state index contributed by atoms with van der Waals surface area (Å²) >= 11 is 1.55. The van der Waals surface area contributed by atoms with Gasteiger partial charge in [-0.25, -0.2) is 4.79 Å². The van der Waals surface area contributed by atoms with Crippen molar-refractivity contribution < 1.29 is 15.0 Å². The standard InChI is InChI=1S/C11H15NO4S/c1-7-10(14)9(13)3-5-12(7)8(11(15)16)4-6-17-2/h3,5,8,14H,4,6H2,1-2H3,(H,15,16)/t8-/m0/s1. The van der Waals surface area contributed by atoms with Crippen LogP contribution in [0.25, 0.3) is 0 Å². The molecule has 0 amide bonds. The van der Waals surface area contributed by atoms with Gasteiger partial charge in [0, 0.05) is 12.3 Å². The molecule has 2 N–H and O–H groups in total. The molecule has 0 saturated heterocycles. The topological polar surface area (TPSA) is 79.5 Å². The molecule has 1 atom stereocenters. The summed E-state index contributed by atoms with van der Waals surface area (Å²) in [6, 6.07) is 0.422. The van der Waals surface area contributed by atoms with Gasteiger partial charge < -0.3 is 14.8 Å². The summed E-state index contributed by atoms with van der Waals surface area (Å²) in [5.41, 5.74) is -0.209. The number of carboxylic acid groups (broad SMARTS) is 1. The fraction of sp³-hybridized carbons (Fsp3) is 0.455. The minimum absolute atomic E-state index is 0.283. The van der Waals surface area contributed by atoms with E-state index in [2.05, 4.69) is 0 Å². The lowest BCUT2D eigenvalue weighted by atomic mass is 10.2. The van der Waals surface area contributed by atoms with Gasteiger partial charge in [-0.15, -0.1) is 0 Å². The number of pyridine rings is 1. The molecule has 94 valence electrons. The molecule has 0 aromatic carbocycles. The summed E-state index contributed by atoms with van der Waals surface area (Å²) in [6.07, 6.45) is 3.75. The molecule has 1 heterocycles. The Morgan fingerprint density at radius 3 is 2.76 bits per heavy atom. The molecule has 0 bridgehead atoms. The predicted octanol–water partition coefficient (Wildman–Crippen LogP) is 1.24. The molecule has 6 heteroatoms. The lowest BCUT2D eigenvalue weighted by Crippen LogP contribution is -2.23. The van der Waals surface area contributed by atoms with Crippen LogP contribution in [0.2, 0.25) is 0 Å². The van der Waals surface area contributed by atoms with E-state index < -0.39 is 17.4 Å². The van der Waals surface area contributed by atoms with Gasteiger partial charge in [0.15, 0.2) is 5.75 Å². The number of hydrogen-bond donors (Lipinski definition) is 2. The zero-order valence-corrected chi connectivity index (χ0v) is 10.5. The van der Waals surface area contributed by atoms with Crippen molar-refractivity contribution in [3.05, 3.63) is 28.2 Å². The molecule has 0 radical (unpaired) electrons. The quantitative estimate of drug-likeness (QED) is 0.829. The van der Waals surface area contributed by atoms with Crippen LogP contribution in [-0.4, -0.2) is 32.8 Å². The minimum Gasteiger partial charge on any atom is -0.503 e. The zero-order chi connectivity index (χ0) is 13.0. The average Bonchev–Trinajstić information content (AvgIpc) is 2.28. The van der Waals surface area contributed by atoms with E-state index in [0.29, 0.717) is 12.2 Å². The lowest BCUT2D eigenvalue weighted by Gasteiger charge is -2.19. The second-order valence-electron chi connectivity index (χ2n) is 3.66.